The van der Waals surface area contributed by atoms with Gasteiger partial charge in [-0.1, -0.05) is 0 Å². The van der Waals surface area contributed by atoms with Crippen molar-refractivity contribution in [1.29, 1.82) is 0 Å². The van der Waals surface area contributed by atoms with Crippen LogP contribution in [0.1, 0.15) is 6.42 Å². The quantitative estimate of drug-likeness (QED) is 0.177. The van der Waals surface area contributed by atoms with Gasteiger partial charge in [-0.05, 0) is 13.0 Å². The summed E-state index contributed by atoms with van der Waals surface area (Å²) in [5.74, 6) is -34.1. The molecule has 0 aromatic carbocycles. The molecule has 0 rings (SSSR count). The van der Waals surface area contributed by atoms with Crippen LogP contribution >= 0.6 is 0 Å². The van der Waals surface area contributed by atoms with Gasteiger partial charge in [-0.3, -0.25) is 0 Å². The van der Waals surface area contributed by atoms with E-state index in [0.717, 1.165) is 0 Å². The Labute approximate surface area is 192 Å². The number of rotatable bonds is 12. The normalized spacial score (nSPS) is 14.8. The number of alkyl halides is 13. The molecule has 2 N–H and O–H groups in total. The third kappa shape index (κ3) is 5.91. The molecule has 0 aliphatic rings. The Morgan fingerprint density at radius 2 is 1.12 bits per heavy atom. The van der Waals surface area contributed by atoms with Gasteiger partial charge in [0.25, 0.3) is 10.0 Å². The van der Waals surface area contributed by atoms with Gasteiger partial charge in [-0.2, -0.15) is 57.1 Å². The summed E-state index contributed by atoms with van der Waals surface area (Å²) in [6.07, 6.45) is -8.30. The molecule has 0 aromatic heterocycles. The van der Waals surface area contributed by atoms with Crippen LogP contribution in [-0.4, -0.2) is 69.1 Å². The summed E-state index contributed by atoms with van der Waals surface area (Å²) in [5, 5.41) is 4.68. The first-order valence-electron chi connectivity index (χ1n) is 7.27. The molecule has 0 fully saturated rings. The van der Waals surface area contributed by atoms with Crippen LogP contribution in [0.2, 0.25) is 0 Å². The fraction of sp³-hybridized carbons (Fsp3) is 0.909. The summed E-state index contributed by atoms with van der Waals surface area (Å²) in [7, 11) is -7.07. The largest absolute Gasteiger partial charge is 1.00 e. The van der Waals surface area contributed by atoms with E-state index >= 15 is 0 Å². The third-order valence-electron chi connectivity index (χ3n) is 3.33. The van der Waals surface area contributed by atoms with Gasteiger partial charge in [0.1, 0.15) is 0 Å². The van der Waals surface area contributed by atoms with Gasteiger partial charge in [0.15, 0.2) is 0 Å². The number of carboxylic acids is 1. The Morgan fingerprint density at radius 1 is 0.719 bits per heavy atom. The second kappa shape index (κ2) is 10.4. The molecule has 0 spiro atoms. The first-order valence-corrected chi connectivity index (χ1v) is 8.75. The van der Waals surface area contributed by atoms with Gasteiger partial charge >= 0.3 is 64.7 Å². The minimum atomic E-state index is -8.23. The number of hydrogen-bond donors (Lipinski definition) is 2. The molecule has 6 nitrogen and oxygen atoms in total. The van der Waals surface area contributed by atoms with Crippen LogP contribution in [0.4, 0.5) is 57.1 Å². The maximum absolute atomic E-state index is 13.5. The van der Waals surface area contributed by atoms with Crippen LogP contribution in [0.5, 0.6) is 0 Å². The summed E-state index contributed by atoms with van der Waals surface area (Å²) in [6, 6.07) is 0. The van der Waals surface area contributed by atoms with E-state index in [4.69, 9.17) is 0 Å². The van der Waals surface area contributed by atoms with E-state index in [1.54, 1.807) is 0 Å². The maximum Gasteiger partial charge on any atom is 1.00 e. The first kappa shape index (κ1) is 33.6. The summed E-state index contributed by atoms with van der Waals surface area (Å²) in [6.45, 7) is -2.70. The molecule has 32 heavy (non-hydrogen) atoms. The van der Waals surface area contributed by atoms with E-state index in [1.165, 1.54) is 0 Å². The standard InChI is InChI=1S/C11H11F13N2O4S.Na/c12-6(13,8(16,17)10(20,21)22)7(14,15)9(18,19)11(23,24)31(29,30)26-3-1-2-25-4-5(27)28;/h25-26H,1-4H2,(H,27,28);/q;+1/p-1. The smallest absolute Gasteiger partial charge is 0.549 e. The molecule has 0 radical (unpaired) electrons. The molecule has 0 aromatic rings. The number of aliphatic carboxylic acids is 1. The molecule has 0 heterocycles. The third-order valence-corrected chi connectivity index (χ3v) is 4.85. The van der Waals surface area contributed by atoms with Crippen molar-refractivity contribution in [3.05, 3.63) is 0 Å². The van der Waals surface area contributed by atoms with Crippen molar-refractivity contribution in [2.75, 3.05) is 19.6 Å². The van der Waals surface area contributed by atoms with Gasteiger partial charge in [0.05, 0.1) is 5.97 Å². The van der Waals surface area contributed by atoms with Gasteiger partial charge in [0.2, 0.25) is 0 Å². The van der Waals surface area contributed by atoms with Gasteiger partial charge in [0, 0.05) is 13.1 Å². The Morgan fingerprint density at radius 3 is 1.50 bits per heavy atom. The molecule has 186 valence electrons. The van der Waals surface area contributed by atoms with E-state index in [1.807, 2.05) is 5.32 Å². The second-order valence-electron chi connectivity index (χ2n) is 5.61. The zero-order chi connectivity index (χ0) is 25.3. The van der Waals surface area contributed by atoms with Crippen molar-refractivity contribution in [2.24, 2.45) is 0 Å². The minimum Gasteiger partial charge on any atom is -0.549 e. The van der Waals surface area contributed by atoms with Crippen LogP contribution in [0.3, 0.4) is 0 Å². The Kier molecular flexibility index (Phi) is 10.9. The van der Waals surface area contributed by atoms with Gasteiger partial charge < -0.3 is 15.2 Å². The number of hydrogen-bond acceptors (Lipinski definition) is 5. The van der Waals surface area contributed by atoms with Crippen molar-refractivity contribution in [1.82, 2.24) is 10.0 Å². The van der Waals surface area contributed by atoms with E-state index in [-0.39, 0.29) is 29.6 Å². The van der Waals surface area contributed by atoms with E-state index in [0.29, 0.717) is 4.72 Å². The van der Waals surface area contributed by atoms with Crippen LogP contribution in [0.15, 0.2) is 0 Å². The topological polar surface area (TPSA) is 98.3 Å². The fourth-order valence-corrected chi connectivity index (χ4v) is 2.68. The zero-order valence-electron chi connectivity index (χ0n) is 15.3. The summed E-state index contributed by atoms with van der Waals surface area (Å²) < 4.78 is 191. The molecular weight excluding hydrogens is 526 g/mol. The predicted octanol–water partition coefficient (Wildman–Crippen LogP) is -1.66. The number of sulfonamides is 1. The number of carboxylic acid groups (broad SMARTS) is 1. The summed E-state index contributed by atoms with van der Waals surface area (Å²) >= 11 is 0. The second-order valence-corrected chi connectivity index (χ2v) is 7.42. The Bertz CT molecular complexity index is 757. The van der Waals surface area contributed by atoms with Crippen molar-refractivity contribution in [2.45, 2.75) is 41.5 Å². The average Bonchev–Trinajstić information content (AvgIpc) is 2.55. The van der Waals surface area contributed by atoms with Crippen molar-refractivity contribution in [3.63, 3.8) is 0 Å². The number of halogens is 13. The van der Waals surface area contributed by atoms with Crippen molar-refractivity contribution in [3.8, 4) is 0 Å². The summed E-state index contributed by atoms with van der Waals surface area (Å²) in [5.41, 5.74) is 0. The van der Waals surface area contributed by atoms with Crippen LogP contribution in [0.25, 0.3) is 0 Å². The first-order chi connectivity index (χ1) is 13.4. The van der Waals surface area contributed by atoms with E-state index < -0.39 is 77.2 Å². The van der Waals surface area contributed by atoms with Crippen LogP contribution in [0, 0.1) is 0 Å². The molecule has 0 aliphatic carbocycles. The van der Waals surface area contributed by atoms with Crippen LogP contribution < -0.4 is 44.7 Å². The SMILES string of the molecule is O=C([O-])CNCCCNS(=O)(=O)C(F)(F)C(F)(F)C(F)(F)C(F)(F)C(F)(F)C(F)(F)F.[Na+]. The molecule has 0 bridgehead atoms. The summed E-state index contributed by atoms with van der Waals surface area (Å²) in [4.78, 5) is 10.0. The number of nitrogens with one attached hydrogen (secondary N) is 2. The Balaban J connectivity index is 0. The van der Waals surface area contributed by atoms with Crippen molar-refractivity contribution >= 4 is 16.0 Å². The molecule has 0 unspecified atom stereocenters. The monoisotopic (exact) mass is 536 g/mol. The molecule has 21 heteroatoms. The number of carbonyl (C=O) groups excluding carboxylic acids is 1. The van der Waals surface area contributed by atoms with Gasteiger partial charge in [-0.15, -0.1) is 0 Å². The predicted molar refractivity (Wildman–Crippen MR) is 70.2 cm³/mol. The van der Waals surface area contributed by atoms with E-state index in [2.05, 4.69) is 0 Å². The van der Waals surface area contributed by atoms with Gasteiger partial charge in [-0.25, -0.2) is 13.1 Å². The molecule has 0 aliphatic heterocycles. The molecule has 0 saturated heterocycles. The maximum atomic E-state index is 13.5. The molecule has 0 atom stereocenters. The average molecular weight is 536 g/mol. The van der Waals surface area contributed by atoms with Crippen LogP contribution in [-0.2, 0) is 14.8 Å². The molecule has 0 saturated carbocycles. The molecule has 0 amide bonds. The number of carbonyl (C=O) groups is 1. The Hall–Kier alpha value is -0.570. The van der Waals surface area contributed by atoms with E-state index in [9.17, 15) is 75.4 Å². The fourth-order valence-electron chi connectivity index (χ4n) is 1.62. The minimum absolute atomic E-state index is 0. The molecular formula is C11H10F13N2NaO4S. The zero-order valence-corrected chi connectivity index (χ0v) is 18.1. The van der Waals surface area contributed by atoms with Crippen molar-refractivity contribution < 1.29 is 105 Å².